The highest BCUT2D eigenvalue weighted by Crippen LogP contribution is 2.24. The van der Waals surface area contributed by atoms with Crippen LogP contribution in [-0.4, -0.2) is 16.7 Å². The van der Waals surface area contributed by atoms with E-state index in [9.17, 15) is 5.11 Å². The number of rotatable bonds is 4. The van der Waals surface area contributed by atoms with E-state index in [1.54, 1.807) is 36.7 Å². The lowest BCUT2D eigenvalue weighted by atomic mass is 10.2. The smallest absolute Gasteiger partial charge is 0.138 e. The molecule has 0 fully saturated rings. The van der Waals surface area contributed by atoms with Gasteiger partial charge in [0.15, 0.2) is 0 Å². The molecule has 1 aromatic heterocycles. The van der Waals surface area contributed by atoms with Gasteiger partial charge in [0.2, 0.25) is 0 Å². The first-order chi connectivity index (χ1) is 8.27. The Morgan fingerprint density at radius 3 is 2.76 bits per heavy atom. The maximum atomic E-state index is 9.86. The van der Waals surface area contributed by atoms with Gasteiger partial charge in [-0.15, -0.1) is 0 Å². The quantitative estimate of drug-likeness (QED) is 0.906. The standard InChI is InChI=1S/C13H12ClNO2/c14-11-5-1-2-6-13(11)17-9-12(16)10-4-3-7-15-8-10/h1-8,12,16H,9H2. The Hall–Kier alpha value is -1.58. The maximum absolute atomic E-state index is 9.86. The van der Waals surface area contributed by atoms with Gasteiger partial charge in [-0.3, -0.25) is 4.98 Å². The predicted octanol–water partition coefficient (Wildman–Crippen LogP) is 2.85. The number of hydrogen-bond donors (Lipinski definition) is 1. The molecule has 0 spiro atoms. The van der Waals surface area contributed by atoms with Crippen LogP contribution >= 0.6 is 11.6 Å². The molecule has 4 heteroatoms. The van der Waals surface area contributed by atoms with Gasteiger partial charge in [0.05, 0.1) is 5.02 Å². The molecule has 1 heterocycles. The van der Waals surface area contributed by atoms with Crippen LogP contribution in [-0.2, 0) is 0 Å². The number of para-hydroxylation sites is 1. The van der Waals surface area contributed by atoms with Crippen LogP contribution in [0.1, 0.15) is 11.7 Å². The number of ether oxygens (including phenoxy) is 1. The number of hydrogen-bond acceptors (Lipinski definition) is 3. The highest BCUT2D eigenvalue weighted by atomic mass is 35.5. The Labute approximate surface area is 105 Å². The summed E-state index contributed by atoms with van der Waals surface area (Å²) in [4.78, 5) is 3.94. The zero-order valence-electron chi connectivity index (χ0n) is 9.08. The summed E-state index contributed by atoms with van der Waals surface area (Å²) < 4.78 is 5.44. The van der Waals surface area contributed by atoms with E-state index in [0.717, 1.165) is 5.56 Å². The van der Waals surface area contributed by atoms with Crippen LogP contribution in [0.3, 0.4) is 0 Å². The molecule has 3 nitrogen and oxygen atoms in total. The third-order valence-corrected chi connectivity index (χ3v) is 2.61. The van der Waals surface area contributed by atoms with Crippen LogP contribution in [0.5, 0.6) is 5.75 Å². The number of aromatic nitrogens is 1. The molecule has 0 saturated heterocycles. The maximum Gasteiger partial charge on any atom is 0.138 e. The number of halogens is 1. The molecule has 1 atom stereocenters. The summed E-state index contributed by atoms with van der Waals surface area (Å²) in [6.45, 7) is 0.148. The van der Waals surface area contributed by atoms with E-state index in [0.29, 0.717) is 10.8 Å². The zero-order valence-corrected chi connectivity index (χ0v) is 9.84. The Morgan fingerprint density at radius 2 is 2.06 bits per heavy atom. The molecule has 1 aromatic carbocycles. The van der Waals surface area contributed by atoms with Crippen molar-refractivity contribution in [1.82, 2.24) is 4.98 Å². The molecule has 0 radical (unpaired) electrons. The summed E-state index contributed by atoms with van der Waals surface area (Å²) in [6, 6.07) is 10.7. The third-order valence-electron chi connectivity index (χ3n) is 2.30. The van der Waals surface area contributed by atoms with Crippen molar-refractivity contribution in [3.8, 4) is 5.75 Å². The van der Waals surface area contributed by atoms with Crippen LogP contribution in [0.15, 0.2) is 48.8 Å². The van der Waals surface area contributed by atoms with Crippen molar-refractivity contribution in [2.45, 2.75) is 6.10 Å². The number of nitrogens with zero attached hydrogens (tertiary/aromatic N) is 1. The lowest BCUT2D eigenvalue weighted by Crippen LogP contribution is -2.09. The molecule has 17 heavy (non-hydrogen) atoms. The average Bonchev–Trinajstić information content (AvgIpc) is 2.38. The van der Waals surface area contributed by atoms with Crippen LogP contribution in [0.2, 0.25) is 5.02 Å². The number of benzene rings is 1. The molecule has 1 N–H and O–H groups in total. The van der Waals surface area contributed by atoms with E-state index in [1.165, 1.54) is 0 Å². The lowest BCUT2D eigenvalue weighted by Gasteiger charge is -2.12. The van der Waals surface area contributed by atoms with Gasteiger partial charge >= 0.3 is 0 Å². The van der Waals surface area contributed by atoms with Gasteiger partial charge in [-0.1, -0.05) is 29.8 Å². The van der Waals surface area contributed by atoms with Crippen LogP contribution in [0.4, 0.5) is 0 Å². The zero-order chi connectivity index (χ0) is 12.1. The van der Waals surface area contributed by atoms with Gasteiger partial charge in [-0.25, -0.2) is 0 Å². The van der Waals surface area contributed by atoms with E-state index < -0.39 is 6.10 Å². The summed E-state index contributed by atoms with van der Waals surface area (Å²) in [5.41, 5.74) is 0.722. The number of aliphatic hydroxyl groups excluding tert-OH is 1. The summed E-state index contributed by atoms with van der Waals surface area (Å²) in [5.74, 6) is 0.567. The monoisotopic (exact) mass is 249 g/mol. The second-order valence-corrected chi connectivity index (χ2v) is 3.95. The summed E-state index contributed by atoms with van der Waals surface area (Å²) >= 11 is 5.93. The van der Waals surface area contributed by atoms with E-state index >= 15 is 0 Å². The molecule has 2 aromatic rings. The highest BCUT2D eigenvalue weighted by Gasteiger charge is 2.09. The first kappa shape index (κ1) is 11.9. The summed E-state index contributed by atoms with van der Waals surface area (Å²) in [6.07, 6.45) is 2.56. The van der Waals surface area contributed by atoms with Gasteiger partial charge in [-0.2, -0.15) is 0 Å². The van der Waals surface area contributed by atoms with E-state index in [1.807, 2.05) is 12.1 Å². The molecule has 0 bridgehead atoms. The molecule has 0 amide bonds. The van der Waals surface area contributed by atoms with E-state index in [2.05, 4.69) is 4.98 Å². The summed E-state index contributed by atoms with van der Waals surface area (Å²) in [5, 5.41) is 10.4. The Bertz CT molecular complexity index is 476. The molecule has 0 aliphatic heterocycles. The minimum absolute atomic E-state index is 0.148. The van der Waals surface area contributed by atoms with Crippen molar-refractivity contribution in [3.05, 3.63) is 59.4 Å². The minimum Gasteiger partial charge on any atom is -0.489 e. The van der Waals surface area contributed by atoms with E-state index in [4.69, 9.17) is 16.3 Å². The first-order valence-corrected chi connectivity index (χ1v) is 5.60. The van der Waals surface area contributed by atoms with E-state index in [-0.39, 0.29) is 6.61 Å². The first-order valence-electron chi connectivity index (χ1n) is 5.22. The molecular weight excluding hydrogens is 238 g/mol. The average molecular weight is 250 g/mol. The van der Waals surface area contributed by atoms with Crippen LogP contribution in [0.25, 0.3) is 0 Å². The minimum atomic E-state index is -0.708. The van der Waals surface area contributed by atoms with Gasteiger partial charge in [-0.05, 0) is 18.2 Å². The second-order valence-electron chi connectivity index (χ2n) is 3.54. The SMILES string of the molecule is OC(COc1ccccc1Cl)c1cccnc1. The molecule has 88 valence electrons. The van der Waals surface area contributed by atoms with Gasteiger partial charge in [0, 0.05) is 18.0 Å². The fourth-order valence-corrected chi connectivity index (χ4v) is 1.59. The number of pyridine rings is 1. The number of aliphatic hydroxyl groups is 1. The molecule has 2 rings (SSSR count). The summed E-state index contributed by atoms with van der Waals surface area (Å²) in [7, 11) is 0. The van der Waals surface area contributed by atoms with Crippen LogP contribution in [0, 0.1) is 0 Å². The molecule has 0 saturated carbocycles. The topological polar surface area (TPSA) is 42.4 Å². The molecule has 1 unspecified atom stereocenters. The largest absolute Gasteiger partial charge is 0.489 e. The van der Waals surface area contributed by atoms with Crippen molar-refractivity contribution >= 4 is 11.6 Å². The Balaban J connectivity index is 1.97. The van der Waals surface area contributed by atoms with Crippen LogP contribution < -0.4 is 4.74 Å². The van der Waals surface area contributed by atoms with Crippen molar-refractivity contribution in [2.75, 3.05) is 6.61 Å². The Morgan fingerprint density at radius 1 is 1.24 bits per heavy atom. The van der Waals surface area contributed by atoms with Crippen molar-refractivity contribution in [3.63, 3.8) is 0 Å². The third kappa shape index (κ3) is 3.19. The van der Waals surface area contributed by atoms with Crippen molar-refractivity contribution < 1.29 is 9.84 Å². The molecule has 0 aliphatic carbocycles. The fourth-order valence-electron chi connectivity index (χ4n) is 1.40. The van der Waals surface area contributed by atoms with Gasteiger partial charge in [0.25, 0.3) is 0 Å². The second kappa shape index (κ2) is 5.66. The lowest BCUT2D eigenvalue weighted by molar-refractivity contribution is 0.108. The van der Waals surface area contributed by atoms with Gasteiger partial charge < -0.3 is 9.84 Å². The Kier molecular flexibility index (Phi) is 3.96. The highest BCUT2D eigenvalue weighted by molar-refractivity contribution is 6.32. The van der Waals surface area contributed by atoms with Gasteiger partial charge in [0.1, 0.15) is 18.5 Å². The fraction of sp³-hybridized carbons (Fsp3) is 0.154. The van der Waals surface area contributed by atoms with Crippen molar-refractivity contribution in [2.24, 2.45) is 0 Å². The normalized spacial score (nSPS) is 12.1. The predicted molar refractivity (Wildman–Crippen MR) is 66.1 cm³/mol. The van der Waals surface area contributed by atoms with Crippen molar-refractivity contribution in [1.29, 1.82) is 0 Å². The molecular formula is C13H12ClNO2. The molecule has 0 aliphatic rings.